The summed E-state index contributed by atoms with van der Waals surface area (Å²) in [5.41, 5.74) is -0.762. The second kappa shape index (κ2) is 6.84. The van der Waals surface area contributed by atoms with Crippen LogP contribution in [0, 0.1) is 0 Å². The SMILES string of the molecule is CC=CC(=O)c1c(CC)c(=O)[nH]c(=O)n1COCC. The molecule has 0 radical (unpaired) electrons. The van der Waals surface area contributed by atoms with E-state index in [4.69, 9.17) is 4.74 Å². The first-order chi connectivity index (χ1) is 9.06. The Morgan fingerprint density at radius 3 is 2.58 bits per heavy atom. The highest BCUT2D eigenvalue weighted by Gasteiger charge is 2.18. The number of aromatic amines is 1. The van der Waals surface area contributed by atoms with Crippen LogP contribution in [0.4, 0.5) is 0 Å². The molecule has 19 heavy (non-hydrogen) atoms. The summed E-state index contributed by atoms with van der Waals surface area (Å²) in [5, 5.41) is 0. The molecule has 0 saturated heterocycles. The van der Waals surface area contributed by atoms with Crippen LogP contribution in [-0.4, -0.2) is 21.9 Å². The van der Waals surface area contributed by atoms with Crippen LogP contribution in [0.25, 0.3) is 0 Å². The zero-order chi connectivity index (χ0) is 14.4. The Balaban J connectivity index is 3.55. The average Bonchev–Trinajstić information content (AvgIpc) is 2.37. The molecule has 1 aromatic rings. The maximum absolute atomic E-state index is 12.1. The summed E-state index contributed by atoms with van der Waals surface area (Å²) >= 11 is 0. The quantitative estimate of drug-likeness (QED) is 0.611. The van der Waals surface area contributed by atoms with Crippen LogP contribution >= 0.6 is 0 Å². The lowest BCUT2D eigenvalue weighted by atomic mass is 10.1. The zero-order valence-electron chi connectivity index (χ0n) is 11.4. The average molecular weight is 266 g/mol. The standard InChI is InChI=1S/C13H18N2O4/c1-4-7-10(16)11-9(5-2)12(17)14-13(18)15(11)8-19-6-3/h4,7H,5-6,8H2,1-3H3,(H,14,17,18). The molecule has 1 heterocycles. The smallest absolute Gasteiger partial charge is 0.330 e. The molecule has 0 aromatic carbocycles. The Labute approximate surface area is 110 Å². The molecule has 1 N–H and O–H groups in total. The Morgan fingerprint density at radius 2 is 2.05 bits per heavy atom. The summed E-state index contributed by atoms with van der Waals surface area (Å²) in [5.74, 6) is -0.373. The van der Waals surface area contributed by atoms with Crippen molar-refractivity contribution in [1.29, 1.82) is 0 Å². The van der Waals surface area contributed by atoms with Gasteiger partial charge in [-0.25, -0.2) is 4.79 Å². The Kier molecular flexibility index (Phi) is 5.44. The van der Waals surface area contributed by atoms with Crippen molar-refractivity contribution in [2.45, 2.75) is 33.9 Å². The number of ether oxygens (including phenoxy) is 1. The monoisotopic (exact) mass is 266 g/mol. The molecule has 0 unspecified atom stereocenters. The third-order valence-corrected chi connectivity index (χ3v) is 2.62. The van der Waals surface area contributed by atoms with E-state index in [1.807, 2.05) is 0 Å². The number of H-pyrrole nitrogens is 1. The third-order valence-electron chi connectivity index (χ3n) is 2.62. The van der Waals surface area contributed by atoms with E-state index in [1.165, 1.54) is 6.08 Å². The molecule has 0 fully saturated rings. The van der Waals surface area contributed by atoms with Crippen LogP contribution < -0.4 is 11.2 Å². The summed E-state index contributed by atoms with van der Waals surface area (Å²) in [6.07, 6.45) is 3.26. The summed E-state index contributed by atoms with van der Waals surface area (Å²) in [6, 6.07) is 0. The highest BCUT2D eigenvalue weighted by atomic mass is 16.5. The maximum Gasteiger partial charge on any atom is 0.330 e. The van der Waals surface area contributed by atoms with Gasteiger partial charge in [-0.2, -0.15) is 0 Å². The molecule has 104 valence electrons. The molecule has 6 heteroatoms. The highest BCUT2D eigenvalue weighted by Crippen LogP contribution is 2.05. The lowest BCUT2D eigenvalue weighted by Gasteiger charge is -2.13. The fourth-order valence-corrected chi connectivity index (χ4v) is 1.76. The van der Waals surface area contributed by atoms with Gasteiger partial charge in [0.1, 0.15) is 12.4 Å². The number of hydrogen-bond acceptors (Lipinski definition) is 4. The van der Waals surface area contributed by atoms with E-state index in [9.17, 15) is 14.4 Å². The Hall–Kier alpha value is -1.95. The molecule has 0 aliphatic rings. The van der Waals surface area contributed by atoms with Crippen molar-refractivity contribution in [3.63, 3.8) is 0 Å². The first kappa shape index (κ1) is 15.1. The lowest BCUT2D eigenvalue weighted by molar-refractivity contribution is 0.0786. The van der Waals surface area contributed by atoms with Crippen LogP contribution in [0.3, 0.4) is 0 Å². The predicted octanol–water partition coefficient (Wildman–Crippen LogP) is 0.852. The molecule has 0 spiro atoms. The van der Waals surface area contributed by atoms with E-state index in [0.29, 0.717) is 18.6 Å². The fraction of sp³-hybridized carbons (Fsp3) is 0.462. The van der Waals surface area contributed by atoms with Crippen LogP contribution in [0.2, 0.25) is 0 Å². The molecule has 1 aromatic heterocycles. The molecule has 0 aliphatic heterocycles. The van der Waals surface area contributed by atoms with Gasteiger partial charge in [0.25, 0.3) is 5.56 Å². The van der Waals surface area contributed by atoms with Gasteiger partial charge in [0.15, 0.2) is 0 Å². The minimum atomic E-state index is -0.636. The van der Waals surface area contributed by atoms with E-state index in [0.717, 1.165) is 4.57 Å². The molecular formula is C13H18N2O4. The summed E-state index contributed by atoms with van der Waals surface area (Å²) in [7, 11) is 0. The largest absolute Gasteiger partial charge is 0.361 e. The molecule has 1 rings (SSSR count). The van der Waals surface area contributed by atoms with Crippen molar-refractivity contribution in [1.82, 2.24) is 9.55 Å². The van der Waals surface area contributed by atoms with Crippen LogP contribution in [0.5, 0.6) is 0 Å². The van der Waals surface area contributed by atoms with Crippen molar-refractivity contribution in [2.75, 3.05) is 6.61 Å². The van der Waals surface area contributed by atoms with E-state index in [2.05, 4.69) is 4.98 Å². The molecule has 6 nitrogen and oxygen atoms in total. The number of rotatable bonds is 6. The molecule has 0 bridgehead atoms. The van der Waals surface area contributed by atoms with Gasteiger partial charge in [0.05, 0.1) is 0 Å². The van der Waals surface area contributed by atoms with Gasteiger partial charge in [0.2, 0.25) is 5.78 Å². The number of aromatic nitrogens is 2. The van der Waals surface area contributed by atoms with E-state index in [1.54, 1.807) is 26.8 Å². The number of carbonyl (C=O) groups is 1. The predicted molar refractivity (Wildman–Crippen MR) is 71.5 cm³/mol. The number of nitrogens with zero attached hydrogens (tertiary/aromatic N) is 1. The van der Waals surface area contributed by atoms with Crippen molar-refractivity contribution < 1.29 is 9.53 Å². The summed E-state index contributed by atoms with van der Waals surface area (Å²) in [6.45, 7) is 5.58. The van der Waals surface area contributed by atoms with Gasteiger partial charge in [-0.05, 0) is 26.3 Å². The number of hydrogen-bond donors (Lipinski definition) is 1. The van der Waals surface area contributed by atoms with Gasteiger partial charge in [-0.1, -0.05) is 13.0 Å². The second-order valence-corrected chi connectivity index (χ2v) is 3.85. The third kappa shape index (κ3) is 3.29. The van der Waals surface area contributed by atoms with Gasteiger partial charge in [0, 0.05) is 12.2 Å². The van der Waals surface area contributed by atoms with Crippen molar-refractivity contribution in [3.05, 3.63) is 44.2 Å². The van der Waals surface area contributed by atoms with E-state index >= 15 is 0 Å². The molecule has 0 aliphatic carbocycles. The number of allylic oxidation sites excluding steroid dienone is 2. The van der Waals surface area contributed by atoms with Crippen molar-refractivity contribution in [3.8, 4) is 0 Å². The molecule has 0 atom stereocenters. The van der Waals surface area contributed by atoms with Gasteiger partial charge < -0.3 is 4.74 Å². The van der Waals surface area contributed by atoms with Crippen LogP contribution in [0.1, 0.15) is 36.8 Å². The van der Waals surface area contributed by atoms with E-state index < -0.39 is 11.2 Å². The van der Waals surface area contributed by atoms with Crippen molar-refractivity contribution in [2.24, 2.45) is 0 Å². The molecule has 0 saturated carbocycles. The Morgan fingerprint density at radius 1 is 1.37 bits per heavy atom. The highest BCUT2D eigenvalue weighted by molar-refractivity contribution is 6.04. The molecular weight excluding hydrogens is 248 g/mol. The summed E-state index contributed by atoms with van der Waals surface area (Å²) in [4.78, 5) is 37.8. The topological polar surface area (TPSA) is 81.2 Å². The van der Waals surface area contributed by atoms with Crippen LogP contribution in [0.15, 0.2) is 21.7 Å². The minimum Gasteiger partial charge on any atom is -0.361 e. The first-order valence-electron chi connectivity index (χ1n) is 6.17. The fourth-order valence-electron chi connectivity index (χ4n) is 1.76. The normalized spacial score (nSPS) is 11.1. The van der Waals surface area contributed by atoms with Gasteiger partial charge in [-0.3, -0.25) is 19.1 Å². The lowest BCUT2D eigenvalue weighted by Crippen LogP contribution is -2.37. The molecule has 0 amide bonds. The van der Waals surface area contributed by atoms with Gasteiger partial charge in [-0.15, -0.1) is 0 Å². The van der Waals surface area contributed by atoms with Crippen LogP contribution in [-0.2, 0) is 17.9 Å². The van der Waals surface area contributed by atoms with E-state index in [-0.39, 0.29) is 18.2 Å². The number of nitrogens with one attached hydrogen (secondary N) is 1. The minimum absolute atomic E-state index is 0.0578. The first-order valence-corrected chi connectivity index (χ1v) is 6.17. The number of ketones is 1. The summed E-state index contributed by atoms with van der Waals surface area (Å²) < 4.78 is 6.33. The second-order valence-electron chi connectivity index (χ2n) is 3.85. The number of carbonyl (C=O) groups excluding carboxylic acids is 1. The Bertz CT molecular complexity index is 596. The van der Waals surface area contributed by atoms with Crippen molar-refractivity contribution >= 4 is 5.78 Å². The van der Waals surface area contributed by atoms with Gasteiger partial charge >= 0.3 is 5.69 Å². The maximum atomic E-state index is 12.1. The zero-order valence-corrected chi connectivity index (χ0v) is 11.4.